The molecule has 1 saturated heterocycles. The fourth-order valence-electron chi connectivity index (χ4n) is 4.11. The average molecular weight is 433 g/mol. The van der Waals surface area contributed by atoms with Gasteiger partial charge in [0.1, 0.15) is 5.75 Å². The van der Waals surface area contributed by atoms with Gasteiger partial charge in [-0.05, 0) is 62.3 Å². The summed E-state index contributed by atoms with van der Waals surface area (Å²) >= 11 is 0. The molecule has 5 nitrogen and oxygen atoms in total. The molecule has 5 rings (SSSR count). The largest absolute Gasteiger partial charge is 0.497 e. The van der Waals surface area contributed by atoms with E-state index in [9.17, 15) is 0 Å². The summed E-state index contributed by atoms with van der Waals surface area (Å²) < 4.78 is 9.90. The third kappa shape index (κ3) is 3.95. The van der Waals surface area contributed by atoms with E-state index < -0.39 is 0 Å². The van der Waals surface area contributed by atoms with Gasteiger partial charge in [0.05, 0.1) is 23.8 Å². The lowest BCUT2D eigenvalue weighted by Crippen LogP contribution is -2.24. The number of halogens is 2. The highest BCUT2D eigenvalue weighted by Gasteiger charge is 2.17. The molecule has 7 heteroatoms. The highest BCUT2D eigenvalue weighted by molar-refractivity contribution is 5.85. The number of aromatic nitrogens is 3. The molecular weight excluding hydrogens is 407 g/mol. The second-order valence-corrected chi connectivity index (χ2v) is 7.21. The van der Waals surface area contributed by atoms with Crippen LogP contribution in [0.15, 0.2) is 54.7 Å². The fourth-order valence-corrected chi connectivity index (χ4v) is 4.11. The molecular formula is C22H26Cl2N4O. The van der Waals surface area contributed by atoms with Crippen LogP contribution in [0.2, 0.25) is 0 Å². The van der Waals surface area contributed by atoms with Gasteiger partial charge in [-0.15, -0.1) is 24.8 Å². The number of imidazole rings is 2. The summed E-state index contributed by atoms with van der Waals surface area (Å²) in [6, 6.07) is 16.6. The van der Waals surface area contributed by atoms with E-state index in [-0.39, 0.29) is 24.8 Å². The van der Waals surface area contributed by atoms with Gasteiger partial charge in [0.2, 0.25) is 5.78 Å². The lowest BCUT2D eigenvalue weighted by molar-refractivity contribution is 0.324. The number of ether oxygens (including phenoxy) is 1. The number of fused-ring (bicyclic) bond motifs is 3. The first-order valence-corrected chi connectivity index (χ1v) is 9.66. The molecule has 0 aliphatic carbocycles. The fraction of sp³-hybridized carbons (Fsp3) is 0.318. The predicted octanol–water partition coefficient (Wildman–Crippen LogP) is 4.90. The SMILES string of the molecule is COc1ccc(-c2cn3c4ccccc4nc3n2CCN2CCCC2)cc1.Cl.Cl. The molecule has 0 amide bonds. The van der Waals surface area contributed by atoms with Crippen molar-refractivity contribution in [1.82, 2.24) is 18.9 Å². The second kappa shape index (κ2) is 9.08. The van der Waals surface area contributed by atoms with Crippen LogP contribution >= 0.6 is 24.8 Å². The smallest absolute Gasteiger partial charge is 0.215 e. The molecule has 0 bridgehead atoms. The van der Waals surface area contributed by atoms with E-state index in [4.69, 9.17) is 9.72 Å². The van der Waals surface area contributed by atoms with Crippen molar-refractivity contribution in [2.75, 3.05) is 26.7 Å². The molecule has 1 aliphatic rings. The summed E-state index contributed by atoms with van der Waals surface area (Å²) in [6.45, 7) is 4.44. The number of hydrogen-bond donors (Lipinski definition) is 0. The Hall–Kier alpha value is -2.21. The van der Waals surface area contributed by atoms with Crippen molar-refractivity contribution in [1.29, 1.82) is 0 Å². The Bertz CT molecular complexity index is 1080. The molecule has 0 spiro atoms. The first kappa shape index (κ1) is 21.5. The highest BCUT2D eigenvalue weighted by Crippen LogP contribution is 2.28. The summed E-state index contributed by atoms with van der Waals surface area (Å²) in [4.78, 5) is 7.48. The van der Waals surface area contributed by atoms with Crippen LogP contribution in [0.5, 0.6) is 5.75 Å². The Morgan fingerprint density at radius 3 is 2.38 bits per heavy atom. The summed E-state index contributed by atoms with van der Waals surface area (Å²) in [6.07, 6.45) is 4.86. The third-order valence-corrected chi connectivity index (χ3v) is 5.59. The average Bonchev–Trinajstić information content (AvgIpc) is 3.42. The van der Waals surface area contributed by atoms with E-state index in [1.807, 2.05) is 18.2 Å². The molecule has 3 heterocycles. The minimum atomic E-state index is 0. The van der Waals surface area contributed by atoms with Gasteiger partial charge in [0.15, 0.2) is 0 Å². The van der Waals surface area contributed by atoms with Crippen LogP contribution in [0.3, 0.4) is 0 Å². The van der Waals surface area contributed by atoms with Crippen molar-refractivity contribution < 1.29 is 4.74 Å². The number of likely N-dealkylation sites (tertiary alicyclic amines) is 1. The zero-order valence-electron chi connectivity index (χ0n) is 16.5. The molecule has 0 atom stereocenters. The molecule has 0 unspecified atom stereocenters. The van der Waals surface area contributed by atoms with E-state index in [1.165, 1.54) is 37.2 Å². The Balaban J connectivity index is 0.00000120. The number of benzene rings is 2. The van der Waals surface area contributed by atoms with Gasteiger partial charge in [-0.25, -0.2) is 4.98 Å². The number of hydrogen-bond acceptors (Lipinski definition) is 3. The predicted molar refractivity (Wildman–Crippen MR) is 123 cm³/mol. The molecule has 29 heavy (non-hydrogen) atoms. The van der Waals surface area contributed by atoms with E-state index in [0.29, 0.717) is 0 Å². The normalized spacial score (nSPS) is 14.1. The van der Waals surface area contributed by atoms with Crippen molar-refractivity contribution in [2.24, 2.45) is 0 Å². The van der Waals surface area contributed by atoms with E-state index in [2.05, 4.69) is 50.4 Å². The summed E-state index contributed by atoms with van der Waals surface area (Å²) in [5, 5.41) is 0. The lowest BCUT2D eigenvalue weighted by atomic mass is 10.1. The lowest BCUT2D eigenvalue weighted by Gasteiger charge is -2.16. The monoisotopic (exact) mass is 432 g/mol. The maximum absolute atomic E-state index is 5.32. The van der Waals surface area contributed by atoms with Crippen LogP contribution in [0.25, 0.3) is 28.1 Å². The van der Waals surface area contributed by atoms with Gasteiger partial charge in [0, 0.05) is 24.8 Å². The Kier molecular flexibility index (Phi) is 6.73. The van der Waals surface area contributed by atoms with Crippen molar-refractivity contribution in [3.8, 4) is 17.0 Å². The van der Waals surface area contributed by atoms with Gasteiger partial charge in [-0.1, -0.05) is 12.1 Å². The summed E-state index contributed by atoms with van der Waals surface area (Å²) in [5.74, 6) is 1.89. The molecule has 0 N–H and O–H groups in total. The van der Waals surface area contributed by atoms with E-state index in [1.54, 1.807) is 7.11 Å². The molecule has 154 valence electrons. The van der Waals surface area contributed by atoms with Gasteiger partial charge in [0.25, 0.3) is 0 Å². The number of para-hydroxylation sites is 2. The molecule has 1 aliphatic heterocycles. The third-order valence-electron chi connectivity index (χ3n) is 5.59. The molecule has 0 saturated carbocycles. The summed E-state index contributed by atoms with van der Waals surface area (Å²) in [5.41, 5.74) is 4.59. The van der Waals surface area contributed by atoms with Crippen LogP contribution in [0.1, 0.15) is 12.8 Å². The number of nitrogens with zero attached hydrogens (tertiary/aromatic N) is 4. The van der Waals surface area contributed by atoms with Gasteiger partial charge in [-0.3, -0.25) is 4.40 Å². The minimum Gasteiger partial charge on any atom is -0.497 e. The number of rotatable bonds is 5. The van der Waals surface area contributed by atoms with Crippen molar-refractivity contribution in [3.05, 3.63) is 54.7 Å². The van der Waals surface area contributed by atoms with Gasteiger partial charge in [-0.2, -0.15) is 0 Å². The van der Waals surface area contributed by atoms with Crippen molar-refractivity contribution in [2.45, 2.75) is 19.4 Å². The molecule has 1 fully saturated rings. The van der Waals surface area contributed by atoms with Crippen molar-refractivity contribution >= 4 is 41.6 Å². The zero-order valence-corrected chi connectivity index (χ0v) is 18.1. The van der Waals surface area contributed by atoms with Crippen LogP contribution in [0, 0.1) is 0 Å². The van der Waals surface area contributed by atoms with Crippen LogP contribution in [0.4, 0.5) is 0 Å². The minimum absolute atomic E-state index is 0. The van der Waals surface area contributed by atoms with E-state index >= 15 is 0 Å². The quantitative estimate of drug-likeness (QED) is 0.449. The van der Waals surface area contributed by atoms with Crippen LogP contribution in [-0.2, 0) is 6.54 Å². The van der Waals surface area contributed by atoms with E-state index in [0.717, 1.165) is 35.7 Å². The molecule has 2 aromatic heterocycles. The first-order valence-electron chi connectivity index (χ1n) is 9.66. The van der Waals surface area contributed by atoms with Crippen LogP contribution in [-0.4, -0.2) is 45.6 Å². The maximum atomic E-state index is 5.32. The zero-order chi connectivity index (χ0) is 18.2. The standard InChI is InChI=1S/C22H24N4O.2ClH/c1-27-18-10-8-17(9-11-18)21-16-26-20-7-3-2-6-19(20)23-22(26)25(21)15-14-24-12-4-5-13-24;;/h2-3,6-11,16H,4-5,12-15H2,1H3;2*1H. The molecule has 2 aromatic carbocycles. The topological polar surface area (TPSA) is 34.7 Å². The second-order valence-electron chi connectivity index (χ2n) is 7.21. The molecule has 4 aromatic rings. The van der Waals surface area contributed by atoms with Crippen molar-refractivity contribution in [3.63, 3.8) is 0 Å². The van der Waals surface area contributed by atoms with Gasteiger partial charge < -0.3 is 14.2 Å². The summed E-state index contributed by atoms with van der Waals surface area (Å²) in [7, 11) is 1.70. The Morgan fingerprint density at radius 2 is 1.66 bits per heavy atom. The Morgan fingerprint density at radius 1 is 0.931 bits per heavy atom. The number of methoxy groups -OCH3 is 1. The highest BCUT2D eigenvalue weighted by atomic mass is 35.5. The van der Waals surface area contributed by atoms with Crippen LogP contribution < -0.4 is 4.74 Å². The van der Waals surface area contributed by atoms with Gasteiger partial charge >= 0.3 is 0 Å². The molecule has 0 radical (unpaired) electrons. The maximum Gasteiger partial charge on any atom is 0.215 e. The Labute approximate surface area is 183 Å². The first-order chi connectivity index (χ1) is 13.3.